The first-order valence-electron chi connectivity index (χ1n) is 12.7. The molecule has 0 radical (unpaired) electrons. The van der Waals surface area contributed by atoms with Crippen LogP contribution in [0, 0.1) is 5.92 Å². The highest BCUT2D eigenvalue weighted by atomic mass is 35.5. The molecule has 33 heavy (non-hydrogen) atoms. The summed E-state index contributed by atoms with van der Waals surface area (Å²) >= 11 is 5.55. The van der Waals surface area contributed by atoms with Crippen LogP contribution >= 0.6 is 11.8 Å². The number of nitrogens with two attached hydrogens (primary N) is 1. The fourth-order valence-corrected chi connectivity index (χ4v) is 4.96. The number of halogens is 1. The number of aromatic nitrogens is 2. The van der Waals surface area contributed by atoms with Crippen molar-refractivity contribution in [2.45, 2.75) is 88.9 Å². The van der Waals surface area contributed by atoms with Crippen molar-refractivity contribution in [3.63, 3.8) is 0 Å². The fourth-order valence-electron chi connectivity index (χ4n) is 4.80. The van der Waals surface area contributed by atoms with Crippen LogP contribution in [0.5, 0.6) is 0 Å². The van der Waals surface area contributed by atoms with Crippen LogP contribution in [0.4, 0.5) is 0 Å². The van der Waals surface area contributed by atoms with Crippen LogP contribution in [0.15, 0.2) is 33.2 Å². The Hall–Kier alpha value is -1.92. The second-order valence-electron chi connectivity index (χ2n) is 9.76. The molecular weight excluding hydrogens is 436 g/mol. The van der Waals surface area contributed by atoms with Gasteiger partial charge in [-0.1, -0.05) is 50.7 Å². The number of ether oxygens (including phenoxy) is 1. The summed E-state index contributed by atoms with van der Waals surface area (Å²) in [6, 6.07) is 8.41. The Morgan fingerprint density at radius 2 is 1.76 bits per heavy atom. The van der Waals surface area contributed by atoms with Gasteiger partial charge in [0.25, 0.3) is 0 Å². The minimum absolute atomic E-state index is 0.349. The van der Waals surface area contributed by atoms with Gasteiger partial charge in [-0.25, -0.2) is 0 Å². The van der Waals surface area contributed by atoms with Crippen molar-refractivity contribution in [3.05, 3.63) is 35.7 Å². The van der Waals surface area contributed by atoms with Crippen LogP contribution in [0.3, 0.4) is 0 Å². The summed E-state index contributed by atoms with van der Waals surface area (Å²) in [5, 5.41) is 8.40. The molecule has 2 saturated carbocycles. The minimum Gasteiger partial charge on any atom is -0.420 e. The lowest BCUT2D eigenvalue weighted by Gasteiger charge is -2.21. The Kier molecular flexibility index (Phi) is 8.79. The van der Waals surface area contributed by atoms with Crippen LogP contribution in [0.1, 0.15) is 88.5 Å². The molecule has 0 aliphatic heterocycles. The average molecular weight is 473 g/mol. The van der Waals surface area contributed by atoms with E-state index < -0.39 is 5.41 Å². The smallest absolute Gasteiger partial charge is 0.247 e. The van der Waals surface area contributed by atoms with E-state index in [1.807, 2.05) is 0 Å². The summed E-state index contributed by atoms with van der Waals surface area (Å²) in [4.78, 5) is 0. The van der Waals surface area contributed by atoms with E-state index in [1.54, 1.807) is 0 Å². The maximum absolute atomic E-state index is 5.92. The predicted octanol–water partition coefficient (Wildman–Crippen LogP) is 6.37. The second kappa shape index (κ2) is 12.0. The molecule has 7 heteroatoms. The van der Waals surface area contributed by atoms with Gasteiger partial charge < -0.3 is 14.9 Å². The minimum atomic E-state index is -0.464. The maximum Gasteiger partial charge on any atom is 0.247 e. The average Bonchev–Trinajstić information content (AvgIpc) is 3.52. The molecule has 1 aromatic heterocycles. The second-order valence-corrected chi connectivity index (χ2v) is 9.93. The van der Waals surface area contributed by atoms with Gasteiger partial charge in [0.2, 0.25) is 11.8 Å². The van der Waals surface area contributed by atoms with Crippen molar-refractivity contribution < 1.29 is 9.15 Å². The third-order valence-corrected chi connectivity index (χ3v) is 7.38. The molecule has 2 aliphatic rings. The van der Waals surface area contributed by atoms with Gasteiger partial charge in [-0.05, 0) is 68.6 Å². The topological polar surface area (TPSA) is 86.5 Å². The molecule has 1 aromatic carbocycles. The summed E-state index contributed by atoms with van der Waals surface area (Å²) in [5.41, 5.74) is 7.72. The summed E-state index contributed by atoms with van der Waals surface area (Å²) < 4.78 is 15.4. The molecule has 2 aliphatic carbocycles. The predicted molar refractivity (Wildman–Crippen MR) is 132 cm³/mol. The van der Waals surface area contributed by atoms with Crippen LogP contribution in [-0.4, -0.2) is 29.2 Å². The van der Waals surface area contributed by atoms with Crippen LogP contribution < -0.4 is 5.73 Å². The lowest BCUT2D eigenvalue weighted by molar-refractivity contribution is 0.0824. The highest BCUT2D eigenvalue weighted by Crippen LogP contribution is 2.48. The number of aryl methyl sites for hydroxylation is 1. The highest BCUT2D eigenvalue weighted by Gasteiger charge is 2.53. The van der Waals surface area contributed by atoms with Crippen molar-refractivity contribution in [1.82, 2.24) is 10.2 Å². The first kappa shape index (κ1) is 24.2. The Morgan fingerprint density at radius 3 is 2.48 bits per heavy atom. The van der Waals surface area contributed by atoms with Crippen molar-refractivity contribution >= 4 is 17.6 Å². The number of nitrogens with zero attached hydrogens (tertiary/aromatic N) is 3. The molecule has 0 bridgehead atoms. The van der Waals surface area contributed by atoms with Gasteiger partial charge in [-0.3, -0.25) is 0 Å². The number of unbranched alkanes of at least 4 members (excludes halogenated alkanes) is 4. The monoisotopic (exact) mass is 472 g/mol. The van der Waals surface area contributed by atoms with Gasteiger partial charge in [0.1, 0.15) is 11.3 Å². The zero-order valence-electron chi connectivity index (χ0n) is 19.6. The maximum atomic E-state index is 5.92. The SMILES string of the molecule is NC(=NCl)C1(c2nnc(-c3ccc(CCCCCCCOCC4CCCCC4)cc3)o2)CC1. The molecule has 0 unspecified atom stereocenters. The first-order chi connectivity index (χ1) is 16.2. The molecule has 180 valence electrons. The molecule has 2 N–H and O–H groups in total. The number of hydrogen-bond acceptors (Lipinski definition) is 5. The van der Waals surface area contributed by atoms with E-state index in [2.05, 4.69) is 39.0 Å². The summed E-state index contributed by atoms with van der Waals surface area (Å²) in [5.74, 6) is 2.19. The summed E-state index contributed by atoms with van der Waals surface area (Å²) in [6.45, 7) is 1.92. The molecule has 0 atom stereocenters. The van der Waals surface area contributed by atoms with Gasteiger partial charge in [-0.15, -0.1) is 10.2 Å². The number of benzene rings is 1. The van der Waals surface area contributed by atoms with Crippen molar-refractivity contribution in [1.29, 1.82) is 0 Å². The van der Waals surface area contributed by atoms with Gasteiger partial charge in [-0.2, -0.15) is 4.51 Å². The third-order valence-electron chi connectivity index (χ3n) is 7.20. The van der Waals surface area contributed by atoms with Crippen molar-refractivity contribution in [3.8, 4) is 11.5 Å². The molecule has 2 aromatic rings. The van der Waals surface area contributed by atoms with E-state index >= 15 is 0 Å². The Morgan fingerprint density at radius 1 is 1.03 bits per heavy atom. The standard InChI is InChI=1S/C26H37ClN4O2/c27-29-24(28)26(16-17-26)25-31-30-23(33-25)22-14-12-20(13-15-22)9-5-2-1-3-8-18-32-19-21-10-6-4-7-11-21/h12-15,21H,1-11,16-19H2,(H2,28,29). The van der Waals surface area contributed by atoms with E-state index in [1.165, 1.54) is 69.8 Å². The molecule has 0 saturated heterocycles. The molecular formula is C26H37ClN4O2. The van der Waals surface area contributed by atoms with E-state index in [9.17, 15) is 0 Å². The summed E-state index contributed by atoms with van der Waals surface area (Å²) in [6.07, 6.45) is 16.0. The fraction of sp³-hybridized carbons (Fsp3) is 0.654. The normalized spacial score (nSPS) is 18.5. The number of hydrogen-bond donors (Lipinski definition) is 1. The zero-order chi connectivity index (χ0) is 22.9. The van der Waals surface area contributed by atoms with Gasteiger partial charge in [0.15, 0.2) is 0 Å². The zero-order valence-corrected chi connectivity index (χ0v) is 20.4. The van der Waals surface area contributed by atoms with E-state index in [0.717, 1.165) is 44.0 Å². The molecule has 6 nitrogen and oxygen atoms in total. The third kappa shape index (κ3) is 6.57. The van der Waals surface area contributed by atoms with Crippen molar-refractivity contribution in [2.24, 2.45) is 16.2 Å². The highest BCUT2D eigenvalue weighted by molar-refractivity contribution is 6.21. The lowest BCUT2D eigenvalue weighted by Crippen LogP contribution is -2.28. The van der Waals surface area contributed by atoms with E-state index in [-0.39, 0.29) is 0 Å². The largest absolute Gasteiger partial charge is 0.420 e. The van der Waals surface area contributed by atoms with Gasteiger partial charge in [0.05, 0.1) is 0 Å². The van der Waals surface area contributed by atoms with E-state index in [0.29, 0.717) is 17.6 Å². The number of rotatable bonds is 13. The quantitative estimate of drug-likeness (QED) is 0.208. The number of amidine groups is 1. The molecule has 0 spiro atoms. The molecule has 2 fully saturated rings. The van der Waals surface area contributed by atoms with Gasteiger partial charge in [0, 0.05) is 30.6 Å². The van der Waals surface area contributed by atoms with Gasteiger partial charge >= 0.3 is 0 Å². The Bertz CT molecular complexity index is 886. The molecule has 0 amide bonds. The molecule has 1 heterocycles. The van der Waals surface area contributed by atoms with Crippen molar-refractivity contribution in [2.75, 3.05) is 13.2 Å². The van der Waals surface area contributed by atoms with E-state index in [4.69, 9.17) is 26.7 Å². The first-order valence-corrected chi connectivity index (χ1v) is 13.0. The lowest BCUT2D eigenvalue weighted by atomic mass is 9.90. The summed E-state index contributed by atoms with van der Waals surface area (Å²) in [7, 11) is 0. The Labute approximate surface area is 202 Å². The van der Waals surface area contributed by atoms with Crippen LogP contribution in [0.2, 0.25) is 0 Å². The molecule has 4 rings (SSSR count). The Balaban J connectivity index is 1.10. The van der Waals surface area contributed by atoms with Crippen LogP contribution in [0.25, 0.3) is 11.5 Å². The van der Waals surface area contributed by atoms with Crippen LogP contribution in [-0.2, 0) is 16.6 Å².